The van der Waals surface area contributed by atoms with E-state index in [1.54, 1.807) is 6.92 Å². The number of carbonyl (C=O) groups excluding carboxylic acids is 1. The quantitative estimate of drug-likeness (QED) is 0.479. The molecule has 0 amide bonds. The van der Waals surface area contributed by atoms with Crippen molar-refractivity contribution < 1.29 is 22.8 Å². The van der Waals surface area contributed by atoms with Crippen LogP contribution in [0.5, 0.6) is 0 Å². The summed E-state index contributed by atoms with van der Waals surface area (Å²) < 4.78 is 26.5. The third kappa shape index (κ3) is 6.81. The van der Waals surface area contributed by atoms with Crippen molar-refractivity contribution in [2.24, 2.45) is 0 Å². The summed E-state index contributed by atoms with van der Waals surface area (Å²) in [5.74, 6) is -0.571. The smallest absolute Gasteiger partial charge is 0.305 e. The van der Waals surface area contributed by atoms with Gasteiger partial charge in [-0.3, -0.25) is 9.63 Å². The molecule has 0 saturated heterocycles. The summed E-state index contributed by atoms with van der Waals surface area (Å²) >= 11 is 0. The number of nitrogens with one attached hydrogen (secondary N) is 1. The van der Waals surface area contributed by atoms with Crippen molar-refractivity contribution in [1.82, 2.24) is 4.89 Å². The van der Waals surface area contributed by atoms with E-state index in [-0.39, 0.29) is 25.2 Å². The Morgan fingerprint density at radius 1 is 1.43 bits per heavy atom. The van der Waals surface area contributed by atoms with Crippen LogP contribution >= 0.6 is 0 Å². The van der Waals surface area contributed by atoms with Gasteiger partial charge in [0.2, 0.25) is 10.0 Å². The average molecular weight is 225 g/mol. The average Bonchev–Trinajstić information content (AvgIpc) is 2.14. The SMILES string of the molecule is CCONS(=O)(=O)CCCC(=O)OC. The Labute approximate surface area is 83.6 Å². The second-order valence-electron chi connectivity index (χ2n) is 2.51. The first kappa shape index (κ1) is 13.3. The van der Waals surface area contributed by atoms with Gasteiger partial charge in [0, 0.05) is 6.42 Å². The molecule has 0 aromatic heterocycles. The zero-order valence-corrected chi connectivity index (χ0v) is 9.09. The second kappa shape index (κ2) is 6.74. The van der Waals surface area contributed by atoms with Gasteiger partial charge >= 0.3 is 5.97 Å². The minimum absolute atomic E-state index is 0.0868. The number of carbonyl (C=O) groups is 1. The highest BCUT2D eigenvalue weighted by atomic mass is 32.2. The minimum Gasteiger partial charge on any atom is -0.469 e. The number of rotatable bonds is 7. The van der Waals surface area contributed by atoms with Crippen molar-refractivity contribution in [3.8, 4) is 0 Å². The Morgan fingerprint density at radius 3 is 2.57 bits per heavy atom. The summed E-state index contributed by atoms with van der Waals surface area (Å²) in [6.45, 7) is 1.92. The van der Waals surface area contributed by atoms with E-state index in [0.29, 0.717) is 0 Å². The lowest BCUT2D eigenvalue weighted by atomic mass is 10.3. The lowest BCUT2D eigenvalue weighted by Gasteiger charge is -2.04. The number of sulfonamides is 1. The fourth-order valence-corrected chi connectivity index (χ4v) is 1.60. The number of hydrogen-bond donors (Lipinski definition) is 1. The van der Waals surface area contributed by atoms with Gasteiger partial charge in [-0.2, -0.15) is 0 Å². The molecule has 14 heavy (non-hydrogen) atoms. The summed E-state index contributed by atoms with van der Waals surface area (Å²) in [7, 11) is -2.17. The maximum absolute atomic E-state index is 11.1. The Morgan fingerprint density at radius 2 is 2.07 bits per heavy atom. The van der Waals surface area contributed by atoms with Gasteiger partial charge in [0.25, 0.3) is 0 Å². The van der Waals surface area contributed by atoms with Crippen LogP contribution in [0.15, 0.2) is 0 Å². The van der Waals surface area contributed by atoms with Crippen molar-refractivity contribution in [2.45, 2.75) is 19.8 Å². The van der Waals surface area contributed by atoms with Gasteiger partial charge in [0.1, 0.15) is 0 Å². The van der Waals surface area contributed by atoms with Crippen LogP contribution in [-0.2, 0) is 24.4 Å². The monoisotopic (exact) mass is 225 g/mol. The van der Waals surface area contributed by atoms with Crippen LogP contribution in [0.2, 0.25) is 0 Å². The van der Waals surface area contributed by atoms with Gasteiger partial charge in [0.15, 0.2) is 0 Å². The van der Waals surface area contributed by atoms with Crippen molar-refractivity contribution in [1.29, 1.82) is 0 Å². The molecule has 0 heterocycles. The summed E-state index contributed by atoms with van der Waals surface area (Å²) in [5, 5.41) is 0. The molecular formula is C7H15NO5S. The van der Waals surface area contributed by atoms with Gasteiger partial charge in [0.05, 0.1) is 19.5 Å². The molecule has 0 fully saturated rings. The largest absolute Gasteiger partial charge is 0.469 e. The molecule has 0 radical (unpaired) electrons. The molecule has 0 aliphatic heterocycles. The third-order valence-corrected chi connectivity index (χ3v) is 2.55. The fourth-order valence-electron chi connectivity index (χ4n) is 0.699. The summed E-state index contributed by atoms with van der Waals surface area (Å²) in [6.07, 6.45) is 0.304. The molecule has 0 spiro atoms. The Hall–Kier alpha value is -0.660. The predicted molar refractivity (Wildman–Crippen MR) is 49.8 cm³/mol. The topological polar surface area (TPSA) is 81.7 Å². The van der Waals surface area contributed by atoms with E-state index in [0.717, 1.165) is 0 Å². The lowest BCUT2D eigenvalue weighted by Crippen LogP contribution is -2.26. The van der Waals surface area contributed by atoms with Crippen LogP contribution in [0.4, 0.5) is 0 Å². The summed E-state index contributed by atoms with van der Waals surface area (Å²) in [6, 6.07) is 0. The molecule has 0 aromatic rings. The Bertz CT molecular complexity index is 261. The van der Waals surface area contributed by atoms with Crippen LogP contribution in [0, 0.1) is 0 Å². The first-order valence-electron chi connectivity index (χ1n) is 4.20. The predicted octanol–water partition coefficient (Wildman–Crippen LogP) is -0.190. The minimum atomic E-state index is -3.43. The van der Waals surface area contributed by atoms with E-state index >= 15 is 0 Å². The van der Waals surface area contributed by atoms with Crippen molar-refractivity contribution in [3.05, 3.63) is 0 Å². The highest BCUT2D eigenvalue weighted by Gasteiger charge is 2.10. The number of methoxy groups -OCH3 is 1. The van der Waals surface area contributed by atoms with Crippen molar-refractivity contribution >= 4 is 16.0 Å². The molecule has 0 aliphatic carbocycles. The molecule has 0 bridgehead atoms. The lowest BCUT2D eigenvalue weighted by molar-refractivity contribution is -0.140. The van der Waals surface area contributed by atoms with Crippen LogP contribution in [-0.4, -0.2) is 33.9 Å². The van der Waals surface area contributed by atoms with Crippen molar-refractivity contribution in [3.63, 3.8) is 0 Å². The van der Waals surface area contributed by atoms with E-state index in [1.807, 2.05) is 4.89 Å². The van der Waals surface area contributed by atoms with E-state index in [9.17, 15) is 13.2 Å². The van der Waals surface area contributed by atoms with Crippen LogP contribution in [0.25, 0.3) is 0 Å². The molecule has 0 atom stereocenters. The molecule has 0 saturated carbocycles. The zero-order chi connectivity index (χ0) is 11.0. The number of hydrogen-bond acceptors (Lipinski definition) is 5. The van der Waals surface area contributed by atoms with Gasteiger partial charge in [-0.1, -0.05) is 4.89 Å². The van der Waals surface area contributed by atoms with Crippen LogP contribution < -0.4 is 4.89 Å². The van der Waals surface area contributed by atoms with E-state index in [1.165, 1.54) is 7.11 Å². The van der Waals surface area contributed by atoms with E-state index in [4.69, 9.17) is 0 Å². The number of esters is 1. The molecule has 0 rings (SSSR count). The molecule has 0 aromatic carbocycles. The first-order valence-corrected chi connectivity index (χ1v) is 5.85. The highest BCUT2D eigenvalue weighted by molar-refractivity contribution is 7.89. The molecule has 84 valence electrons. The van der Waals surface area contributed by atoms with Gasteiger partial charge in [-0.05, 0) is 13.3 Å². The Kier molecular flexibility index (Phi) is 6.43. The van der Waals surface area contributed by atoms with Gasteiger partial charge in [-0.25, -0.2) is 8.42 Å². The zero-order valence-electron chi connectivity index (χ0n) is 8.28. The molecule has 7 heteroatoms. The van der Waals surface area contributed by atoms with Crippen LogP contribution in [0.3, 0.4) is 0 Å². The highest BCUT2D eigenvalue weighted by Crippen LogP contribution is 1.96. The van der Waals surface area contributed by atoms with E-state index in [2.05, 4.69) is 9.57 Å². The van der Waals surface area contributed by atoms with Gasteiger partial charge < -0.3 is 4.74 Å². The molecule has 0 unspecified atom stereocenters. The molecule has 6 nitrogen and oxygen atoms in total. The fraction of sp³-hybridized carbons (Fsp3) is 0.857. The first-order chi connectivity index (χ1) is 6.52. The molecule has 1 N–H and O–H groups in total. The summed E-state index contributed by atoms with van der Waals surface area (Å²) in [5.41, 5.74) is 0. The van der Waals surface area contributed by atoms with Crippen molar-refractivity contribution in [2.75, 3.05) is 19.5 Å². The van der Waals surface area contributed by atoms with E-state index < -0.39 is 16.0 Å². The molecule has 0 aliphatic rings. The standard InChI is InChI=1S/C7H15NO5S/c1-3-13-8-14(10,11)6-4-5-7(9)12-2/h8H,3-6H2,1-2H3. The Balaban J connectivity index is 3.71. The second-order valence-corrected chi connectivity index (χ2v) is 4.32. The molecular weight excluding hydrogens is 210 g/mol. The maximum Gasteiger partial charge on any atom is 0.305 e. The normalized spacial score (nSPS) is 11.3. The summed E-state index contributed by atoms with van der Waals surface area (Å²) in [4.78, 5) is 17.1. The van der Waals surface area contributed by atoms with Crippen LogP contribution in [0.1, 0.15) is 19.8 Å². The number of ether oxygens (including phenoxy) is 1. The third-order valence-electron chi connectivity index (χ3n) is 1.35. The maximum atomic E-state index is 11.1. The van der Waals surface area contributed by atoms with Gasteiger partial charge in [-0.15, -0.1) is 0 Å².